The van der Waals surface area contributed by atoms with E-state index >= 15 is 0 Å². The Bertz CT molecular complexity index is 909. The monoisotopic (exact) mass is 436 g/mol. The molecule has 5 atom stereocenters. The lowest BCUT2D eigenvalue weighted by Crippen LogP contribution is -2.57. The zero-order valence-electron chi connectivity index (χ0n) is 19.3. The van der Waals surface area contributed by atoms with Crippen molar-refractivity contribution in [2.24, 2.45) is 22.7 Å². The smallest absolute Gasteiger partial charge is 0.127 e. The van der Waals surface area contributed by atoms with Crippen LogP contribution < -0.4 is 9.47 Å². The minimum absolute atomic E-state index is 0.0293. The molecule has 0 spiro atoms. The third-order valence-corrected chi connectivity index (χ3v) is 8.17. The van der Waals surface area contributed by atoms with Gasteiger partial charge in [-0.25, -0.2) is 0 Å². The zero-order valence-corrected chi connectivity index (χ0v) is 19.3. The molecule has 0 amide bonds. The van der Waals surface area contributed by atoms with Crippen molar-refractivity contribution >= 4 is 0 Å². The fourth-order valence-electron chi connectivity index (χ4n) is 6.26. The van der Waals surface area contributed by atoms with Crippen LogP contribution in [-0.4, -0.2) is 29.5 Å². The molecule has 0 saturated heterocycles. The normalized spacial score (nSPS) is 32.2. The van der Waals surface area contributed by atoms with E-state index < -0.39 is 11.5 Å². The summed E-state index contributed by atoms with van der Waals surface area (Å²) in [4.78, 5) is 0. The lowest BCUT2D eigenvalue weighted by atomic mass is 9.46. The molecule has 2 saturated carbocycles. The Morgan fingerprint density at radius 1 is 0.969 bits per heavy atom. The average Bonchev–Trinajstić information content (AvgIpc) is 2.80. The second kappa shape index (κ2) is 9.29. The molecule has 32 heavy (non-hydrogen) atoms. The molecule has 2 N–H and O–H groups in total. The van der Waals surface area contributed by atoms with E-state index in [1.807, 2.05) is 54.6 Å². The fraction of sp³-hybridized carbons (Fsp3) is 0.500. The predicted molar refractivity (Wildman–Crippen MR) is 127 cm³/mol. The molecule has 0 aromatic heterocycles. The second-order valence-corrected chi connectivity index (χ2v) is 10.0. The summed E-state index contributed by atoms with van der Waals surface area (Å²) in [7, 11) is 0. The van der Waals surface area contributed by atoms with Gasteiger partial charge in [-0.05, 0) is 85.8 Å². The summed E-state index contributed by atoms with van der Waals surface area (Å²) in [6.07, 6.45) is 4.10. The highest BCUT2D eigenvalue weighted by molar-refractivity contribution is 5.35. The highest BCUT2D eigenvalue weighted by atomic mass is 16.5. The maximum absolute atomic E-state index is 10.7. The highest BCUT2D eigenvalue weighted by Crippen LogP contribution is 2.61. The van der Waals surface area contributed by atoms with Crippen LogP contribution in [0.25, 0.3) is 0 Å². The van der Waals surface area contributed by atoms with E-state index in [0.717, 1.165) is 49.4 Å². The van der Waals surface area contributed by atoms with Gasteiger partial charge in [-0.2, -0.15) is 0 Å². The van der Waals surface area contributed by atoms with Crippen LogP contribution in [-0.2, 0) is 0 Å². The molecule has 0 bridgehead atoms. The number of rotatable bonds is 7. The maximum Gasteiger partial charge on any atom is 0.127 e. The van der Waals surface area contributed by atoms with E-state index in [0.29, 0.717) is 12.5 Å². The van der Waals surface area contributed by atoms with Gasteiger partial charge in [-0.3, -0.25) is 0 Å². The largest absolute Gasteiger partial charge is 0.494 e. The van der Waals surface area contributed by atoms with Gasteiger partial charge in [0.15, 0.2) is 0 Å². The van der Waals surface area contributed by atoms with Crippen LogP contribution in [0.5, 0.6) is 17.2 Å². The zero-order chi connectivity index (χ0) is 22.8. The molecule has 1 unspecified atom stereocenters. The summed E-state index contributed by atoms with van der Waals surface area (Å²) in [6.45, 7) is 9.44. The number of hydrogen-bond acceptors (Lipinski definition) is 4. The molecule has 4 nitrogen and oxygen atoms in total. The van der Waals surface area contributed by atoms with Crippen LogP contribution in [0.2, 0.25) is 0 Å². The van der Waals surface area contributed by atoms with Gasteiger partial charge in [-0.15, -0.1) is 0 Å². The van der Waals surface area contributed by atoms with E-state index in [1.54, 1.807) is 0 Å². The lowest BCUT2D eigenvalue weighted by molar-refractivity contribution is -0.152. The van der Waals surface area contributed by atoms with Gasteiger partial charge < -0.3 is 19.7 Å². The quantitative estimate of drug-likeness (QED) is 0.524. The van der Waals surface area contributed by atoms with Gasteiger partial charge in [-0.1, -0.05) is 44.2 Å². The molecule has 2 aliphatic rings. The van der Waals surface area contributed by atoms with Gasteiger partial charge >= 0.3 is 0 Å². The average molecular weight is 437 g/mol. The summed E-state index contributed by atoms with van der Waals surface area (Å²) in [5.74, 6) is 3.04. The number of allylic oxidation sites excluding steroid dienone is 1. The minimum Gasteiger partial charge on any atom is -0.494 e. The standard InChI is InChI=1S/C28H36O4/c1-20-9-14-25-27(2,17-15-26(30)28(25,3)19-29)24(20)16-18-31-21-10-12-23(13-11-21)32-22-7-5-4-6-8-22/h4-8,10-13,24-26,29-30H,1,9,14-19H2,2-3H3/t24-,25?,26-,27+,28+/m1/s1. The first-order chi connectivity index (χ1) is 15.4. The maximum atomic E-state index is 10.7. The number of aliphatic hydroxyl groups excluding tert-OH is 2. The first-order valence-electron chi connectivity index (χ1n) is 11.8. The van der Waals surface area contributed by atoms with Crippen molar-refractivity contribution in [2.75, 3.05) is 13.2 Å². The SMILES string of the molecule is C=C1CCC2[C@](C)(CO)[C@H](O)CC[C@@]2(C)[C@@H]1CCOc1ccc(Oc2ccccc2)cc1. The van der Waals surface area contributed by atoms with E-state index in [4.69, 9.17) is 9.47 Å². The third kappa shape index (κ3) is 4.31. The van der Waals surface area contributed by atoms with E-state index in [-0.39, 0.29) is 17.9 Å². The van der Waals surface area contributed by atoms with Crippen molar-refractivity contribution in [1.29, 1.82) is 0 Å². The summed E-state index contributed by atoms with van der Waals surface area (Å²) in [5.41, 5.74) is 0.875. The van der Waals surface area contributed by atoms with E-state index in [9.17, 15) is 10.2 Å². The molecule has 4 rings (SSSR count). The minimum atomic E-state index is -0.443. The van der Waals surface area contributed by atoms with Crippen molar-refractivity contribution in [3.05, 3.63) is 66.7 Å². The molecule has 0 aliphatic heterocycles. The first-order valence-corrected chi connectivity index (χ1v) is 11.8. The number of para-hydroxylation sites is 1. The molecule has 2 aromatic carbocycles. The van der Waals surface area contributed by atoms with E-state index in [2.05, 4.69) is 20.4 Å². The van der Waals surface area contributed by atoms with Gasteiger partial charge in [0.2, 0.25) is 0 Å². The summed E-state index contributed by atoms with van der Waals surface area (Å²) in [6, 6.07) is 17.5. The third-order valence-electron chi connectivity index (χ3n) is 8.17. The Morgan fingerprint density at radius 2 is 1.62 bits per heavy atom. The number of benzene rings is 2. The van der Waals surface area contributed by atoms with Gasteiger partial charge in [0, 0.05) is 5.41 Å². The Morgan fingerprint density at radius 3 is 2.31 bits per heavy atom. The molecule has 2 aliphatic carbocycles. The Balaban J connectivity index is 1.38. The Hall–Kier alpha value is -2.30. The van der Waals surface area contributed by atoms with Crippen molar-refractivity contribution in [2.45, 2.75) is 52.1 Å². The van der Waals surface area contributed by atoms with Crippen molar-refractivity contribution in [1.82, 2.24) is 0 Å². The number of aliphatic hydroxyl groups is 2. The molecule has 2 fully saturated rings. The number of ether oxygens (including phenoxy) is 2. The lowest BCUT2D eigenvalue weighted by Gasteiger charge is -2.60. The van der Waals surface area contributed by atoms with Crippen LogP contribution >= 0.6 is 0 Å². The summed E-state index contributed by atoms with van der Waals surface area (Å²) < 4.78 is 11.9. The molecule has 4 heteroatoms. The van der Waals surface area contributed by atoms with Crippen molar-refractivity contribution in [3.8, 4) is 17.2 Å². The summed E-state index contributed by atoms with van der Waals surface area (Å²) >= 11 is 0. The fourth-order valence-corrected chi connectivity index (χ4v) is 6.26. The van der Waals surface area contributed by atoms with Crippen molar-refractivity contribution in [3.63, 3.8) is 0 Å². The first kappa shape index (κ1) is 22.9. The summed E-state index contributed by atoms with van der Waals surface area (Å²) in [5, 5.41) is 20.8. The van der Waals surface area contributed by atoms with Crippen LogP contribution in [0, 0.1) is 22.7 Å². The van der Waals surface area contributed by atoms with Gasteiger partial charge in [0.05, 0.1) is 19.3 Å². The Kier molecular flexibility index (Phi) is 6.64. The van der Waals surface area contributed by atoms with Crippen molar-refractivity contribution < 1.29 is 19.7 Å². The molecular weight excluding hydrogens is 400 g/mol. The van der Waals surface area contributed by atoms with Gasteiger partial charge in [0.1, 0.15) is 17.2 Å². The van der Waals surface area contributed by atoms with Gasteiger partial charge in [0.25, 0.3) is 0 Å². The van der Waals surface area contributed by atoms with Crippen LogP contribution in [0.4, 0.5) is 0 Å². The number of hydrogen-bond donors (Lipinski definition) is 2. The molecule has 0 heterocycles. The topological polar surface area (TPSA) is 58.9 Å². The molecule has 0 radical (unpaired) electrons. The number of fused-ring (bicyclic) bond motifs is 1. The second-order valence-electron chi connectivity index (χ2n) is 10.0. The molecule has 172 valence electrons. The Labute approximate surface area is 191 Å². The van der Waals surface area contributed by atoms with E-state index in [1.165, 1.54) is 5.57 Å². The molecular formula is C28H36O4. The predicted octanol–water partition coefficient (Wildman–Crippen LogP) is 5.99. The van der Waals surface area contributed by atoms with Crippen LogP contribution in [0.15, 0.2) is 66.7 Å². The highest BCUT2D eigenvalue weighted by Gasteiger charge is 2.57. The molecule has 2 aromatic rings. The van der Waals surface area contributed by atoms with Crippen LogP contribution in [0.3, 0.4) is 0 Å². The van der Waals surface area contributed by atoms with Crippen LogP contribution in [0.1, 0.15) is 46.0 Å².